The second-order valence-electron chi connectivity index (χ2n) is 2.61. The number of primary amides is 1. The number of carbonyl (C=O) groups excluding carboxylic acids is 2. The summed E-state index contributed by atoms with van der Waals surface area (Å²) in [5.41, 5.74) is 4.80. The highest BCUT2D eigenvalue weighted by Crippen LogP contribution is 1.84. The summed E-state index contributed by atoms with van der Waals surface area (Å²) >= 11 is 0. The quantitative estimate of drug-likeness (QED) is 0.656. The van der Waals surface area contributed by atoms with Crippen molar-refractivity contribution in [3.8, 4) is 0 Å². The molecule has 0 aliphatic carbocycles. The van der Waals surface area contributed by atoms with Crippen LogP contribution in [0.4, 0.5) is 0 Å². The summed E-state index contributed by atoms with van der Waals surface area (Å²) in [5, 5.41) is 0. The molecule has 0 aliphatic heterocycles. The maximum atomic E-state index is 9.92. The molecule has 0 aromatic rings. The first-order chi connectivity index (χ1) is 4.91. The molecule has 2 N–H and O–H groups in total. The van der Waals surface area contributed by atoms with Gasteiger partial charge in [-0.05, 0) is 6.92 Å². The van der Waals surface area contributed by atoms with Crippen LogP contribution in [-0.4, -0.2) is 11.7 Å². The van der Waals surface area contributed by atoms with Crippen molar-refractivity contribution in [3.05, 3.63) is 0 Å². The van der Waals surface area contributed by atoms with Gasteiger partial charge < -0.3 is 10.5 Å². The lowest BCUT2D eigenvalue weighted by Crippen LogP contribution is -2.17. The third-order valence-corrected chi connectivity index (χ3v) is 1.07. The van der Waals surface area contributed by atoms with E-state index in [1.165, 1.54) is 0 Å². The van der Waals surface area contributed by atoms with E-state index in [1.807, 2.05) is 6.92 Å². The van der Waals surface area contributed by atoms with Gasteiger partial charge >= 0.3 is 0 Å². The Kier molecular flexibility index (Phi) is 8.43. The van der Waals surface area contributed by atoms with Gasteiger partial charge in [0.05, 0.1) is 0 Å². The third-order valence-electron chi connectivity index (χ3n) is 1.07. The standard InChI is InChI=1S/C4H9NO.C4H8O/c1-3(2)4(5)6;1-3-4(2)5/h3H,1-2H3,(H2,5,6);3H2,1-2H3. The van der Waals surface area contributed by atoms with Gasteiger partial charge in [0, 0.05) is 12.3 Å². The molecule has 0 aliphatic rings. The highest BCUT2D eigenvalue weighted by atomic mass is 16.1. The smallest absolute Gasteiger partial charge is 0.219 e. The van der Waals surface area contributed by atoms with Crippen molar-refractivity contribution in [3.63, 3.8) is 0 Å². The zero-order chi connectivity index (χ0) is 9.44. The molecule has 3 heteroatoms. The zero-order valence-corrected chi connectivity index (χ0v) is 7.68. The van der Waals surface area contributed by atoms with Gasteiger partial charge in [-0.25, -0.2) is 0 Å². The van der Waals surface area contributed by atoms with Gasteiger partial charge in [-0.2, -0.15) is 0 Å². The monoisotopic (exact) mass is 159 g/mol. The van der Waals surface area contributed by atoms with E-state index in [4.69, 9.17) is 5.73 Å². The van der Waals surface area contributed by atoms with E-state index in [-0.39, 0.29) is 17.6 Å². The van der Waals surface area contributed by atoms with Crippen LogP contribution in [0.1, 0.15) is 34.1 Å². The fourth-order valence-electron chi connectivity index (χ4n) is 0. The van der Waals surface area contributed by atoms with Crippen LogP contribution in [0.2, 0.25) is 0 Å². The summed E-state index contributed by atoms with van der Waals surface area (Å²) in [7, 11) is 0. The van der Waals surface area contributed by atoms with Crippen molar-refractivity contribution in [1.29, 1.82) is 0 Å². The molecular formula is C8H17NO2. The van der Waals surface area contributed by atoms with Gasteiger partial charge in [0.2, 0.25) is 5.91 Å². The molecule has 0 atom stereocenters. The number of Topliss-reactive ketones (excluding diaryl/α,β-unsaturated/α-hetero) is 1. The van der Waals surface area contributed by atoms with Crippen molar-refractivity contribution < 1.29 is 9.59 Å². The topological polar surface area (TPSA) is 60.2 Å². The maximum Gasteiger partial charge on any atom is 0.219 e. The number of hydrogen-bond acceptors (Lipinski definition) is 2. The van der Waals surface area contributed by atoms with Crippen molar-refractivity contribution in [2.75, 3.05) is 0 Å². The van der Waals surface area contributed by atoms with Gasteiger partial charge in [-0.15, -0.1) is 0 Å². The Balaban J connectivity index is 0. The summed E-state index contributed by atoms with van der Waals surface area (Å²) in [4.78, 5) is 19.7. The molecule has 0 spiro atoms. The first-order valence-corrected chi connectivity index (χ1v) is 3.70. The summed E-state index contributed by atoms with van der Waals surface area (Å²) in [6.07, 6.45) is 0.667. The van der Waals surface area contributed by atoms with Gasteiger partial charge in [0.25, 0.3) is 0 Å². The number of ketones is 1. The predicted octanol–water partition coefficient (Wildman–Crippen LogP) is 1.11. The van der Waals surface area contributed by atoms with E-state index >= 15 is 0 Å². The Bertz CT molecular complexity index is 130. The molecule has 0 saturated heterocycles. The van der Waals surface area contributed by atoms with E-state index in [0.717, 1.165) is 0 Å². The Hall–Kier alpha value is -0.860. The van der Waals surface area contributed by atoms with E-state index in [0.29, 0.717) is 6.42 Å². The van der Waals surface area contributed by atoms with Crippen LogP contribution in [0, 0.1) is 5.92 Å². The molecule has 0 aromatic carbocycles. The van der Waals surface area contributed by atoms with Crippen molar-refractivity contribution >= 4 is 11.7 Å². The molecule has 66 valence electrons. The zero-order valence-electron chi connectivity index (χ0n) is 7.68. The fourth-order valence-corrected chi connectivity index (χ4v) is 0. The molecule has 0 radical (unpaired) electrons. The van der Waals surface area contributed by atoms with Gasteiger partial charge in [-0.3, -0.25) is 4.79 Å². The number of nitrogens with two attached hydrogens (primary N) is 1. The molecule has 0 unspecified atom stereocenters. The predicted molar refractivity (Wildman–Crippen MR) is 45.0 cm³/mol. The number of carbonyl (C=O) groups is 2. The summed E-state index contributed by atoms with van der Waals surface area (Å²) in [6, 6.07) is 0. The number of rotatable bonds is 2. The molecule has 0 bridgehead atoms. The number of amides is 1. The van der Waals surface area contributed by atoms with Crippen LogP contribution in [-0.2, 0) is 9.59 Å². The van der Waals surface area contributed by atoms with Gasteiger partial charge in [-0.1, -0.05) is 20.8 Å². The maximum absolute atomic E-state index is 9.92. The summed E-state index contributed by atoms with van der Waals surface area (Å²) < 4.78 is 0. The third kappa shape index (κ3) is 17.6. The molecular weight excluding hydrogens is 142 g/mol. The van der Waals surface area contributed by atoms with Crippen molar-refractivity contribution in [1.82, 2.24) is 0 Å². The van der Waals surface area contributed by atoms with Crippen LogP contribution in [0.25, 0.3) is 0 Å². The van der Waals surface area contributed by atoms with E-state index in [1.54, 1.807) is 20.8 Å². The molecule has 0 heterocycles. The Morgan fingerprint density at radius 1 is 1.36 bits per heavy atom. The normalized spacial score (nSPS) is 8.45. The summed E-state index contributed by atoms with van der Waals surface area (Å²) in [6.45, 7) is 6.97. The average molecular weight is 159 g/mol. The molecule has 11 heavy (non-hydrogen) atoms. The average Bonchev–Trinajstić information content (AvgIpc) is 1.89. The van der Waals surface area contributed by atoms with Crippen LogP contribution in [0.5, 0.6) is 0 Å². The minimum absolute atomic E-state index is 0.00926. The van der Waals surface area contributed by atoms with E-state index in [2.05, 4.69) is 0 Å². The first-order valence-electron chi connectivity index (χ1n) is 3.70. The summed E-state index contributed by atoms with van der Waals surface area (Å²) in [5.74, 6) is 0.00463. The highest BCUT2D eigenvalue weighted by molar-refractivity contribution is 5.75. The van der Waals surface area contributed by atoms with Crippen LogP contribution < -0.4 is 5.73 Å². The van der Waals surface area contributed by atoms with Crippen molar-refractivity contribution in [2.24, 2.45) is 11.7 Å². The lowest BCUT2D eigenvalue weighted by atomic mass is 10.2. The van der Waals surface area contributed by atoms with Crippen LogP contribution in [0.15, 0.2) is 0 Å². The molecule has 0 saturated carbocycles. The minimum Gasteiger partial charge on any atom is -0.369 e. The highest BCUT2D eigenvalue weighted by Gasteiger charge is 1.96. The molecule has 1 amide bonds. The minimum atomic E-state index is -0.241. The lowest BCUT2D eigenvalue weighted by Gasteiger charge is -1.90. The number of hydrogen-bond donors (Lipinski definition) is 1. The fraction of sp³-hybridized carbons (Fsp3) is 0.750. The molecule has 3 nitrogen and oxygen atoms in total. The van der Waals surface area contributed by atoms with Crippen LogP contribution >= 0.6 is 0 Å². The lowest BCUT2D eigenvalue weighted by molar-refractivity contribution is -0.120. The Morgan fingerprint density at radius 2 is 1.55 bits per heavy atom. The first kappa shape index (κ1) is 12.8. The molecule has 0 aromatic heterocycles. The van der Waals surface area contributed by atoms with E-state index in [9.17, 15) is 9.59 Å². The second kappa shape index (κ2) is 7.25. The Morgan fingerprint density at radius 3 is 1.55 bits per heavy atom. The van der Waals surface area contributed by atoms with Gasteiger partial charge in [0.15, 0.2) is 0 Å². The Labute approximate surface area is 68.0 Å². The molecule has 0 fully saturated rings. The van der Waals surface area contributed by atoms with Crippen molar-refractivity contribution in [2.45, 2.75) is 34.1 Å². The second-order valence-corrected chi connectivity index (χ2v) is 2.61. The van der Waals surface area contributed by atoms with Gasteiger partial charge in [0.1, 0.15) is 5.78 Å². The molecule has 0 rings (SSSR count). The largest absolute Gasteiger partial charge is 0.369 e. The van der Waals surface area contributed by atoms with E-state index < -0.39 is 0 Å². The SMILES string of the molecule is CC(C)C(N)=O.CCC(C)=O. The van der Waals surface area contributed by atoms with Crippen LogP contribution in [0.3, 0.4) is 0 Å².